The number of carbonyl (C=O) groups is 2. The van der Waals surface area contributed by atoms with Gasteiger partial charge >= 0.3 is 5.97 Å². The lowest BCUT2D eigenvalue weighted by molar-refractivity contribution is -0.118. The molecule has 0 saturated heterocycles. The zero-order valence-electron chi connectivity index (χ0n) is 20.0. The Hall–Kier alpha value is -2.85. The third-order valence-electron chi connectivity index (χ3n) is 5.53. The summed E-state index contributed by atoms with van der Waals surface area (Å²) in [5.74, 6) is -0.702. The summed E-state index contributed by atoms with van der Waals surface area (Å²) in [5.41, 5.74) is 1.75. The molecule has 0 bridgehead atoms. The van der Waals surface area contributed by atoms with Gasteiger partial charge in [-0.25, -0.2) is 9.78 Å². The van der Waals surface area contributed by atoms with Crippen molar-refractivity contribution < 1.29 is 14.3 Å². The number of nitrogens with one attached hydrogen (secondary N) is 1. The van der Waals surface area contributed by atoms with Crippen LogP contribution in [0.2, 0.25) is 10.0 Å². The van der Waals surface area contributed by atoms with E-state index >= 15 is 0 Å². The largest absolute Gasteiger partial charge is 0.462 e. The highest BCUT2D eigenvalue weighted by atomic mass is 35.5. The first-order valence-electron chi connectivity index (χ1n) is 11.4. The summed E-state index contributed by atoms with van der Waals surface area (Å²) in [6, 6.07) is 14.5. The minimum Gasteiger partial charge on any atom is -0.462 e. The average Bonchev–Trinajstić information content (AvgIpc) is 3.21. The Kier molecular flexibility index (Phi) is 8.91. The van der Waals surface area contributed by atoms with E-state index in [1.54, 1.807) is 26.0 Å². The number of aryl methyl sites for hydroxylation is 1. The molecule has 37 heavy (non-hydrogen) atoms. The number of fused-ring (bicyclic) bond motifs is 1. The van der Waals surface area contributed by atoms with Crippen LogP contribution in [0.1, 0.15) is 33.3 Å². The van der Waals surface area contributed by atoms with Crippen LogP contribution in [0.15, 0.2) is 58.5 Å². The minimum absolute atomic E-state index is 0.0278. The van der Waals surface area contributed by atoms with Crippen molar-refractivity contribution in [2.45, 2.75) is 32.1 Å². The molecule has 1 amide bonds. The molecule has 0 atom stereocenters. The molecule has 0 fully saturated rings. The van der Waals surface area contributed by atoms with E-state index < -0.39 is 5.97 Å². The van der Waals surface area contributed by atoms with Crippen LogP contribution >= 0.6 is 46.3 Å². The summed E-state index contributed by atoms with van der Waals surface area (Å²) in [6.07, 6.45) is 0. The van der Waals surface area contributed by atoms with E-state index in [1.807, 2.05) is 36.4 Å². The van der Waals surface area contributed by atoms with Gasteiger partial charge in [-0.2, -0.15) is 0 Å². The Labute approximate surface area is 231 Å². The van der Waals surface area contributed by atoms with Gasteiger partial charge in [0, 0.05) is 16.6 Å². The number of amides is 1. The number of esters is 1. The number of ether oxygens (including phenoxy) is 1. The average molecular weight is 577 g/mol. The molecule has 0 unspecified atom stereocenters. The standard InChI is InChI=1S/C26H23Cl2N3O4S2/c1-3-35-25(34)22-15(2)21-23(37-22)30-26(31(24(21)33)13-17-9-5-7-11-19(17)28)36-14-20(32)29-12-16-8-4-6-10-18(16)27/h4-11H,3,12-14H2,1-2H3,(H,29,32). The fourth-order valence-corrected chi connectivity index (χ4v) is 6.00. The molecule has 2 heterocycles. The molecule has 2 aromatic carbocycles. The first-order valence-corrected chi connectivity index (χ1v) is 13.9. The lowest BCUT2D eigenvalue weighted by Crippen LogP contribution is -2.27. The number of aromatic nitrogens is 2. The molecule has 0 radical (unpaired) electrons. The Morgan fingerprint density at radius 2 is 1.73 bits per heavy atom. The predicted molar refractivity (Wildman–Crippen MR) is 149 cm³/mol. The van der Waals surface area contributed by atoms with Gasteiger partial charge in [0.15, 0.2) is 5.16 Å². The second-order valence-corrected chi connectivity index (χ2v) is 10.7. The highest BCUT2D eigenvalue weighted by molar-refractivity contribution is 7.99. The SMILES string of the molecule is CCOC(=O)c1sc2nc(SCC(=O)NCc3ccccc3Cl)n(Cc3ccccc3Cl)c(=O)c2c1C. The van der Waals surface area contributed by atoms with Crippen molar-refractivity contribution in [1.29, 1.82) is 0 Å². The van der Waals surface area contributed by atoms with Gasteiger partial charge < -0.3 is 10.1 Å². The smallest absolute Gasteiger partial charge is 0.348 e. The summed E-state index contributed by atoms with van der Waals surface area (Å²) < 4.78 is 6.64. The van der Waals surface area contributed by atoms with E-state index in [2.05, 4.69) is 10.3 Å². The van der Waals surface area contributed by atoms with Crippen LogP contribution in [-0.4, -0.2) is 33.8 Å². The quantitative estimate of drug-likeness (QED) is 0.156. The molecule has 0 saturated carbocycles. The molecular weight excluding hydrogens is 553 g/mol. The van der Waals surface area contributed by atoms with E-state index in [0.717, 1.165) is 34.2 Å². The maximum atomic E-state index is 13.7. The molecule has 4 aromatic rings. The molecule has 1 N–H and O–H groups in total. The van der Waals surface area contributed by atoms with Gasteiger partial charge in [0.1, 0.15) is 9.71 Å². The Morgan fingerprint density at radius 1 is 1.08 bits per heavy atom. The van der Waals surface area contributed by atoms with Crippen molar-refractivity contribution in [1.82, 2.24) is 14.9 Å². The number of thioether (sulfide) groups is 1. The van der Waals surface area contributed by atoms with Crippen LogP contribution in [0.25, 0.3) is 10.2 Å². The van der Waals surface area contributed by atoms with E-state index in [9.17, 15) is 14.4 Å². The van der Waals surface area contributed by atoms with Gasteiger partial charge in [0.2, 0.25) is 5.91 Å². The Balaban J connectivity index is 1.66. The second-order valence-electron chi connectivity index (χ2n) is 7.99. The van der Waals surface area contributed by atoms with Crippen LogP contribution in [0.3, 0.4) is 0 Å². The van der Waals surface area contributed by atoms with Crippen LogP contribution < -0.4 is 10.9 Å². The Bertz CT molecular complexity index is 1530. The van der Waals surface area contributed by atoms with Crippen LogP contribution in [0, 0.1) is 6.92 Å². The first-order chi connectivity index (χ1) is 17.8. The summed E-state index contributed by atoms with van der Waals surface area (Å²) >= 11 is 14.8. The van der Waals surface area contributed by atoms with Gasteiger partial charge in [0.25, 0.3) is 5.56 Å². The van der Waals surface area contributed by atoms with Crippen molar-refractivity contribution in [3.8, 4) is 0 Å². The van der Waals surface area contributed by atoms with Crippen molar-refractivity contribution >= 4 is 68.4 Å². The molecule has 0 aliphatic heterocycles. The fraction of sp³-hybridized carbons (Fsp3) is 0.231. The number of thiophene rings is 1. The van der Waals surface area contributed by atoms with Crippen LogP contribution in [-0.2, 0) is 22.6 Å². The van der Waals surface area contributed by atoms with Crippen LogP contribution in [0.5, 0.6) is 0 Å². The van der Waals surface area contributed by atoms with Gasteiger partial charge in [0.05, 0.1) is 24.3 Å². The molecule has 2 aromatic heterocycles. The monoisotopic (exact) mass is 575 g/mol. The van der Waals surface area contributed by atoms with Crippen molar-refractivity contribution in [3.05, 3.63) is 90.5 Å². The normalized spacial score (nSPS) is 11.0. The van der Waals surface area contributed by atoms with E-state index in [4.69, 9.17) is 27.9 Å². The van der Waals surface area contributed by atoms with Gasteiger partial charge in [-0.15, -0.1) is 11.3 Å². The molecule has 0 spiro atoms. The van der Waals surface area contributed by atoms with Crippen LogP contribution in [0.4, 0.5) is 0 Å². The van der Waals surface area contributed by atoms with Crippen molar-refractivity contribution in [3.63, 3.8) is 0 Å². The number of hydrogen-bond donors (Lipinski definition) is 1. The van der Waals surface area contributed by atoms with E-state index in [0.29, 0.717) is 35.9 Å². The maximum absolute atomic E-state index is 13.7. The maximum Gasteiger partial charge on any atom is 0.348 e. The molecule has 7 nitrogen and oxygen atoms in total. The summed E-state index contributed by atoms with van der Waals surface area (Å²) in [5, 5.41) is 4.63. The third-order valence-corrected chi connectivity index (χ3v) is 8.41. The number of rotatable bonds is 9. The summed E-state index contributed by atoms with van der Waals surface area (Å²) in [7, 11) is 0. The van der Waals surface area contributed by atoms with Gasteiger partial charge in [-0.05, 0) is 42.7 Å². The predicted octanol–water partition coefficient (Wildman–Crippen LogP) is 5.71. The van der Waals surface area contributed by atoms with E-state index in [-0.39, 0.29) is 36.9 Å². The van der Waals surface area contributed by atoms with Crippen molar-refractivity contribution in [2.75, 3.05) is 12.4 Å². The molecular formula is C26H23Cl2N3O4S2. The lowest BCUT2D eigenvalue weighted by Gasteiger charge is -2.13. The highest BCUT2D eigenvalue weighted by Gasteiger charge is 2.23. The first kappa shape index (κ1) is 27.2. The highest BCUT2D eigenvalue weighted by Crippen LogP contribution is 2.30. The zero-order chi connectivity index (χ0) is 26.5. The number of hydrogen-bond acceptors (Lipinski definition) is 7. The summed E-state index contributed by atoms with van der Waals surface area (Å²) in [4.78, 5) is 44.2. The minimum atomic E-state index is -0.492. The molecule has 4 rings (SSSR count). The fourth-order valence-electron chi connectivity index (χ4n) is 3.65. The van der Waals surface area contributed by atoms with Gasteiger partial charge in [-0.1, -0.05) is 71.4 Å². The molecule has 0 aliphatic carbocycles. The number of halogens is 2. The second kappa shape index (κ2) is 12.1. The van der Waals surface area contributed by atoms with Crippen molar-refractivity contribution in [2.24, 2.45) is 0 Å². The molecule has 192 valence electrons. The lowest BCUT2D eigenvalue weighted by atomic mass is 10.2. The molecule has 11 heteroatoms. The number of nitrogens with zero attached hydrogens (tertiary/aromatic N) is 2. The third kappa shape index (κ3) is 6.18. The van der Waals surface area contributed by atoms with E-state index in [1.165, 1.54) is 4.57 Å². The zero-order valence-corrected chi connectivity index (χ0v) is 23.2. The molecule has 0 aliphatic rings. The van der Waals surface area contributed by atoms with Gasteiger partial charge in [-0.3, -0.25) is 14.2 Å². The Morgan fingerprint density at radius 3 is 2.38 bits per heavy atom. The summed E-state index contributed by atoms with van der Waals surface area (Å²) in [6.45, 7) is 4.10. The number of carbonyl (C=O) groups excluding carboxylic acids is 2. The number of benzene rings is 2. The topological polar surface area (TPSA) is 90.3 Å².